The first-order valence-corrected chi connectivity index (χ1v) is 6.02. The number of hydrogen-bond donors (Lipinski definition) is 2. The van der Waals surface area contributed by atoms with Crippen LogP contribution in [0.15, 0.2) is 42.6 Å². The summed E-state index contributed by atoms with van der Waals surface area (Å²) in [6.07, 6.45) is 1.81. The highest BCUT2D eigenvalue weighted by Crippen LogP contribution is 2.12. The lowest BCUT2D eigenvalue weighted by atomic mass is 10.2. The van der Waals surface area contributed by atoms with Crippen LogP contribution in [-0.2, 0) is 11.3 Å². The normalized spacial score (nSPS) is 12.2. The Balaban J connectivity index is 2.01. The number of carbonyl (C=O) groups is 1. The van der Waals surface area contributed by atoms with Crippen molar-refractivity contribution in [3.63, 3.8) is 0 Å². The molecule has 4 nitrogen and oxygen atoms in total. The Morgan fingerprint density at radius 2 is 2.05 bits per heavy atom. The first-order chi connectivity index (χ1) is 9.06. The van der Waals surface area contributed by atoms with Gasteiger partial charge in [0.1, 0.15) is 12.4 Å². The van der Waals surface area contributed by atoms with Gasteiger partial charge in [-0.1, -0.05) is 0 Å². The zero-order valence-corrected chi connectivity index (χ0v) is 10.6. The number of amides is 1. The van der Waals surface area contributed by atoms with Gasteiger partial charge in [0.05, 0.1) is 0 Å². The lowest BCUT2D eigenvalue weighted by Crippen LogP contribution is -2.21. The highest BCUT2D eigenvalue weighted by molar-refractivity contribution is 5.90. The number of halogens is 1. The van der Waals surface area contributed by atoms with Crippen LogP contribution in [0.25, 0.3) is 0 Å². The summed E-state index contributed by atoms with van der Waals surface area (Å²) in [6, 6.07) is 9.26. The van der Waals surface area contributed by atoms with Crippen molar-refractivity contribution in [2.24, 2.45) is 5.73 Å². The van der Waals surface area contributed by atoms with Crippen LogP contribution in [-0.4, -0.2) is 10.5 Å². The molecule has 19 heavy (non-hydrogen) atoms. The van der Waals surface area contributed by atoms with E-state index in [0.717, 1.165) is 5.69 Å². The summed E-state index contributed by atoms with van der Waals surface area (Å²) in [5, 5.41) is 2.71. The van der Waals surface area contributed by atoms with Crippen LogP contribution >= 0.6 is 0 Å². The van der Waals surface area contributed by atoms with Crippen molar-refractivity contribution in [3.8, 4) is 0 Å². The highest BCUT2D eigenvalue weighted by atomic mass is 19.1. The summed E-state index contributed by atoms with van der Waals surface area (Å²) in [5.74, 6) is -0.507. The number of nitrogens with zero attached hydrogens (tertiary/aromatic N) is 1. The summed E-state index contributed by atoms with van der Waals surface area (Å²) < 4.78 is 14.5. The number of nitrogens with one attached hydrogen (secondary N) is 1. The van der Waals surface area contributed by atoms with Gasteiger partial charge in [-0.25, -0.2) is 4.39 Å². The number of rotatable bonds is 4. The van der Waals surface area contributed by atoms with Gasteiger partial charge in [-0.3, -0.25) is 4.79 Å². The molecule has 1 unspecified atom stereocenters. The minimum absolute atomic E-state index is 0.131. The van der Waals surface area contributed by atoms with Crippen LogP contribution in [0.2, 0.25) is 0 Å². The fraction of sp³-hybridized carbons (Fsp3) is 0.214. The van der Waals surface area contributed by atoms with E-state index in [9.17, 15) is 9.18 Å². The maximum absolute atomic E-state index is 12.7. The van der Waals surface area contributed by atoms with Gasteiger partial charge in [0.15, 0.2) is 0 Å². The molecule has 3 N–H and O–H groups in total. The third-order valence-corrected chi connectivity index (χ3v) is 2.77. The average molecular weight is 261 g/mol. The van der Waals surface area contributed by atoms with E-state index in [-0.39, 0.29) is 24.3 Å². The van der Waals surface area contributed by atoms with Crippen molar-refractivity contribution in [2.75, 3.05) is 5.32 Å². The van der Waals surface area contributed by atoms with Crippen molar-refractivity contribution < 1.29 is 9.18 Å². The molecule has 0 bridgehead atoms. The van der Waals surface area contributed by atoms with E-state index in [4.69, 9.17) is 5.73 Å². The quantitative estimate of drug-likeness (QED) is 0.887. The van der Waals surface area contributed by atoms with Crippen LogP contribution in [0, 0.1) is 5.82 Å². The molecule has 2 aromatic rings. The summed E-state index contributed by atoms with van der Waals surface area (Å²) in [5.41, 5.74) is 7.28. The molecule has 0 fully saturated rings. The summed E-state index contributed by atoms with van der Waals surface area (Å²) in [7, 11) is 0. The molecule has 0 saturated heterocycles. The monoisotopic (exact) mass is 261 g/mol. The van der Waals surface area contributed by atoms with E-state index < -0.39 is 0 Å². The number of anilines is 1. The van der Waals surface area contributed by atoms with E-state index in [1.807, 2.05) is 25.3 Å². The van der Waals surface area contributed by atoms with Gasteiger partial charge in [0.2, 0.25) is 5.91 Å². The van der Waals surface area contributed by atoms with Gasteiger partial charge in [-0.05, 0) is 43.3 Å². The summed E-state index contributed by atoms with van der Waals surface area (Å²) in [6.45, 7) is 2.05. The van der Waals surface area contributed by atoms with E-state index in [1.54, 1.807) is 4.57 Å². The summed E-state index contributed by atoms with van der Waals surface area (Å²) >= 11 is 0. The fourth-order valence-electron chi connectivity index (χ4n) is 1.87. The lowest BCUT2D eigenvalue weighted by molar-refractivity contribution is -0.116. The molecular formula is C14H16FN3O. The molecule has 0 aliphatic carbocycles. The van der Waals surface area contributed by atoms with Gasteiger partial charge < -0.3 is 15.6 Å². The molecule has 1 heterocycles. The Morgan fingerprint density at radius 1 is 1.37 bits per heavy atom. The second kappa shape index (κ2) is 5.67. The molecular weight excluding hydrogens is 245 g/mol. The van der Waals surface area contributed by atoms with E-state index in [2.05, 4.69) is 5.32 Å². The largest absolute Gasteiger partial charge is 0.341 e. The predicted octanol–water partition coefficient (Wildman–Crippen LogP) is 2.29. The van der Waals surface area contributed by atoms with Crippen molar-refractivity contribution in [1.29, 1.82) is 0 Å². The molecule has 0 aliphatic rings. The molecule has 0 radical (unpaired) electrons. The minimum Gasteiger partial charge on any atom is -0.341 e. The van der Waals surface area contributed by atoms with E-state index in [0.29, 0.717) is 5.69 Å². The maximum Gasteiger partial charge on any atom is 0.244 e. The Kier molecular flexibility index (Phi) is 3.97. The molecule has 1 aromatic heterocycles. The molecule has 100 valence electrons. The van der Waals surface area contributed by atoms with Gasteiger partial charge in [0, 0.05) is 23.6 Å². The Morgan fingerprint density at radius 3 is 2.68 bits per heavy atom. The Bertz CT molecular complexity index is 560. The minimum atomic E-state index is -0.331. The SMILES string of the molecule is CC(N)c1cccn1CC(=O)Nc1ccc(F)cc1. The van der Waals surface area contributed by atoms with Crippen LogP contribution in [0.4, 0.5) is 10.1 Å². The zero-order valence-electron chi connectivity index (χ0n) is 10.6. The van der Waals surface area contributed by atoms with Crippen molar-refractivity contribution in [3.05, 3.63) is 54.1 Å². The third kappa shape index (κ3) is 3.42. The number of benzene rings is 1. The topological polar surface area (TPSA) is 60.0 Å². The number of hydrogen-bond acceptors (Lipinski definition) is 2. The maximum atomic E-state index is 12.7. The Labute approximate surface area is 111 Å². The molecule has 5 heteroatoms. The molecule has 0 saturated carbocycles. The van der Waals surface area contributed by atoms with Crippen LogP contribution in [0.5, 0.6) is 0 Å². The second-order valence-corrected chi connectivity index (χ2v) is 4.40. The molecule has 1 aromatic carbocycles. The van der Waals surface area contributed by atoms with E-state index >= 15 is 0 Å². The van der Waals surface area contributed by atoms with Gasteiger partial charge in [-0.2, -0.15) is 0 Å². The zero-order chi connectivity index (χ0) is 13.8. The van der Waals surface area contributed by atoms with Crippen LogP contribution in [0.1, 0.15) is 18.7 Å². The predicted molar refractivity (Wildman–Crippen MR) is 72.1 cm³/mol. The standard InChI is InChI=1S/C14H16FN3O/c1-10(16)13-3-2-8-18(13)9-14(19)17-12-6-4-11(15)5-7-12/h2-8,10H,9,16H2,1H3,(H,17,19). The highest BCUT2D eigenvalue weighted by Gasteiger charge is 2.09. The average Bonchev–Trinajstić information content (AvgIpc) is 2.80. The molecule has 1 atom stereocenters. The van der Waals surface area contributed by atoms with Crippen LogP contribution < -0.4 is 11.1 Å². The number of carbonyl (C=O) groups excluding carboxylic acids is 1. The molecule has 0 aliphatic heterocycles. The Hall–Kier alpha value is -2.14. The molecule has 0 spiro atoms. The number of aromatic nitrogens is 1. The first-order valence-electron chi connectivity index (χ1n) is 6.02. The van der Waals surface area contributed by atoms with Gasteiger partial charge in [-0.15, -0.1) is 0 Å². The fourth-order valence-corrected chi connectivity index (χ4v) is 1.87. The van der Waals surface area contributed by atoms with Crippen LogP contribution in [0.3, 0.4) is 0 Å². The number of nitrogens with two attached hydrogens (primary N) is 1. The van der Waals surface area contributed by atoms with Gasteiger partial charge >= 0.3 is 0 Å². The van der Waals surface area contributed by atoms with Crippen molar-refractivity contribution in [1.82, 2.24) is 4.57 Å². The lowest BCUT2D eigenvalue weighted by Gasteiger charge is -2.12. The third-order valence-electron chi connectivity index (χ3n) is 2.77. The van der Waals surface area contributed by atoms with Gasteiger partial charge in [0.25, 0.3) is 0 Å². The summed E-state index contributed by atoms with van der Waals surface area (Å²) in [4.78, 5) is 11.9. The van der Waals surface area contributed by atoms with E-state index in [1.165, 1.54) is 24.3 Å². The van der Waals surface area contributed by atoms with Crippen molar-refractivity contribution >= 4 is 11.6 Å². The molecule has 2 rings (SSSR count). The molecule has 1 amide bonds. The smallest absolute Gasteiger partial charge is 0.244 e. The van der Waals surface area contributed by atoms with Crippen molar-refractivity contribution in [2.45, 2.75) is 19.5 Å². The second-order valence-electron chi connectivity index (χ2n) is 4.40. The first kappa shape index (κ1) is 13.3.